The highest BCUT2D eigenvalue weighted by molar-refractivity contribution is 6.31. The van der Waals surface area contributed by atoms with E-state index in [1.54, 1.807) is 0 Å². The van der Waals surface area contributed by atoms with Crippen LogP contribution < -0.4 is 0 Å². The standard InChI is InChI=1S/C10H9Cl2N/c11-4-3-9-5-7-1-2-8(12)6-10(7)13-9/h1-2,5-6,13H,3-4H2. The van der Waals surface area contributed by atoms with Crippen LogP contribution >= 0.6 is 23.2 Å². The second kappa shape index (κ2) is 3.60. The van der Waals surface area contributed by atoms with Crippen molar-refractivity contribution < 1.29 is 0 Å². The number of aromatic nitrogens is 1. The number of hydrogen-bond donors (Lipinski definition) is 1. The van der Waals surface area contributed by atoms with Crippen molar-refractivity contribution in [3.8, 4) is 0 Å². The van der Waals surface area contributed by atoms with Gasteiger partial charge in [-0.05, 0) is 23.6 Å². The monoisotopic (exact) mass is 213 g/mol. The van der Waals surface area contributed by atoms with Gasteiger partial charge in [0, 0.05) is 28.5 Å². The lowest BCUT2D eigenvalue weighted by atomic mass is 10.2. The van der Waals surface area contributed by atoms with Crippen LogP contribution in [0, 0.1) is 0 Å². The molecule has 0 aliphatic rings. The van der Waals surface area contributed by atoms with Crippen molar-refractivity contribution >= 4 is 34.1 Å². The fraction of sp³-hybridized carbons (Fsp3) is 0.200. The number of aromatic amines is 1. The molecule has 0 atom stereocenters. The zero-order chi connectivity index (χ0) is 9.26. The summed E-state index contributed by atoms with van der Waals surface area (Å²) in [5.74, 6) is 0.639. The van der Waals surface area contributed by atoms with Gasteiger partial charge in [-0.2, -0.15) is 0 Å². The molecule has 0 aliphatic heterocycles. The van der Waals surface area contributed by atoms with Gasteiger partial charge in [0.25, 0.3) is 0 Å². The van der Waals surface area contributed by atoms with Gasteiger partial charge in [0.1, 0.15) is 0 Å². The van der Waals surface area contributed by atoms with Gasteiger partial charge in [0.2, 0.25) is 0 Å². The second-order valence-electron chi connectivity index (χ2n) is 2.97. The van der Waals surface area contributed by atoms with Crippen LogP contribution in [0.3, 0.4) is 0 Å². The van der Waals surface area contributed by atoms with E-state index in [-0.39, 0.29) is 0 Å². The summed E-state index contributed by atoms with van der Waals surface area (Å²) in [6.45, 7) is 0. The first-order valence-electron chi connectivity index (χ1n) is 4.13. The fourth-order valence-electron chi connectivity index (χ4n) is 1.40. The van der Waals surface area contributed by atoms with E-state index in [1.165, 1.54) is 5.39 Å². The highest BCUT2D eigenvalue weighted by Crippen LogP contribution is 2.20. The molecule has 1 nitrogen and oxygen atoms in total. The number of aryl methyl sites for hydroxylation is 1. The lowest BCUT2D eigenvalue weighted by Crippen LogP contribution is -1.83. The zero-order valence-corrected chi connectivity index (χ0v) is 8.49. The Morgan fingerprint density at radius 2 is 2.08 bits per heavy atom. The minimum absolute atomic E-state index is 0.639. The number of H-pyrrole nitrogens is 1. The molecule has 0 fully saturated rings. The Labute approximate surface area is 86.7 Å². The molecule has 1 N–H and O–H groups in total. The maximum Gasteiger partial charge on any atom is 0.0471 e. The molecule has 1 aromatic carbocycles. The van der Waals surface area contributed by atoms with Crippen LogP contribution in [0.1, 0.15) is 5.69 Å². The van der Waals surface area contributed by atoms with Crippen LogP contribution in [0.2, 0.25) is 5.02 Å². The first-order chi connectivity index (χ1) is 6.29. The summed E-state index contributed by atoms with van der Waals surface area (Å²) in [6.07, 6.45) is 0.869. The molecule has 13 heavy (non-hydrogen) atoms. The second-order valence-corrected chi connectivity index (χ2v) is 3.78. The first kappa shape index (κ1) is 8.92. The van der Waals surface area contributed by atoms with E-state index in [9.17, 15) is 0 Å². The van der Waals surface area contributed by atoms with Crippen molar-refractivity contribution in [3.63, 3.8) is 0 Å². The van der Waals surface area contributed by atoms with Crippen molar-refractivity contribution in [1.82, 2.24) is 4.98 Å². The van der Waals surface area contributed by atoms with Gasteiger partial charge >= 0.3 is 0 Å². The van der Waals surface area contributed by atoms with Crippen molar-refractivity contribution in [2.45, 2.75) is 6.42 Å². The van der Waals surface area contributed by atoms with Gasteiger partial charge in [-0.1, -0.05) is 17.7 Å². The minimum Gasteiger partial charge on any atom is -0.358 e. The van der Waals surface area contributed by atoms with E-state index in [2.05, 4.69) is 11.1 Å². The zero-order valence-electron chi connectivity index (χ0n) is 6.98. The molecule has 0 aliphatic carbocycles. The van der Waals surface area contributed by atoms with Gasteiger partial charge in [-0.15, -0.1) is 11.6 Å². The third kappa shape index (κ3) is 1.82. The lowest BCUT2D eigenvalue weighted by molar-refractivity contribution is 1.08. The summed E-state index contributed by atoms with van der Waals surface area (Å²) in [6, 6.07) is 7.93. The molecular formula is C10H9Cl2N. The van der Waals surface area contributed by atoms with Crippen LogP contribution in [0.5, 0.6) is 0 Å². The molecule has 0 unspecified atom stereocenters. The van der Waals surface area contributed by atoms with E-state index < -0.39 is 0 Å². The molecule has 3 heteroatoms. The number of benzene rings is 1. The van der Waals surface area contributed by atoms with Gasteiger partial charge in [-0.25, -0.2) is 0 Å². The SMILES string of the molecule is ClCCc1cc2ccc(Cl)cc2[nH]1. The lowest BCUT2D eigenvalue weighted by Gasteiger charge is -1.90. The Morgan fingerprint density at radius 3 is 2.85 bits per heavy atom. The number of halogens is 2. The summed E-state index contributed by atoms with van der Waals surface area (Å²) >= 11 is 11.5. The summed E-state index contributed by atoms with van der Waals surface area (Å²) in [7, 11) is 0. The number of rotatable bonds is 2. The van der Waals surface area contributed by atoms with Crippen molar-refractivity contribution in [3.05, 3.63) is 35.0 Å². The highest BCUT2D eigenvalue weighted by atomic mass is 35.5. The molecule has 1 heterocycles. The third-order valence-corrected chi connectivity index (χ3v) is 2.43. The van der Waals surface area contributed by atoms with Gasteiger partial charge < -0.3 is 4.98 Å². The molecule has 1 aromatic heterocycles. The smallest absolute Gasteiger partial charge is 0.0471 e. The minimum atomic E-state index is 0.639. The Hall–Kier alpha value is -0.660. The van der Waals surface area contributed by atoms with Crippen molar-refractivity contribution in [2.75, 3.05) is 5.88 Å². The molecule has 0 radical (unpaired) electrons. The Balaban J connectivity index is 2.49. The van der Waals surface area contributed by atoms with E-state index in [1.807, 2.05) is 18.2 Å². The molecule has 0 saturated heterocycles. The fourth-order valence-corrected chi connectivity index (χ4v) is 1.77. The van der Waals surface area contributed by atoms with E-state index in [0.29, 0.717) is 5.88 Å². The quantitative estimate of drug-likeness (QED) is 0.735. The first-order valence-corrected chi connectivity index (χ1v) is 5.04. The predicted octanol–water partition coefficient (Wildman–Crippen LogP) is 3.60. The molecule has 2 aromatic rings. The topological polar surface area (TPSA) is 15.8 Å². The van der Waals surface area contributed by atoms with Crippen molar-refractivity contribution in [1.29, 1.82) is 0 Å². The number of hydrogen-bond acceptors (Lipinski definition) is 0. The summed E-state index contributed by atoms with van der Waals surface area (Å²) in [5, 5.41) is 1.94. The maximum absolute atomic E-state index is 5.86. The third-order valence-electron chi connectivity index (χ3n) is 2.00. The molecule has 2 rings (SSSR count). The van der Waals surface area contributed by atoms with Gasteiger partial charge in [0.05, 0.1) is 0 Å². The Kier molecular flexibility index (Phi) is 2.47. The molecule has 0 amide bonds. The van der Waals surface area contributed by atoms with E-state index in [0.717, 1.165) is 22.7 Å². The van der Waals surface area contributed by atoms with Crippen LogP contribution in [0.4, 0.5) is 0 Å². The molecule has 0 spiro atoms. The van der Waals surface area contributed by atoms with Crippen molar-refractivity contribution in [2.24, 2.45) is 0 Å². The molecule has 0 saturated carbocycles. The highest BCUT2D eigenvalue weighted by Gasteiger charge is 2.00. The van der Waals surface area contributed by atoms with Crippen LogP contribution in [-0.2, 0) is 6.42 Å². The van der Waals surface area contributed by atoms with Gasteiger partial charge in [0.15, 0.2) is 0 Å². The number of nitrogens with one attached hydrogen (secondary N) is 1. The van der Waals surface area contributed by atoms with Crippen LogP contribution in [0.25, 0.3) is 10.9 Å². The molecule has 0 bridgehead atoms. The largest absolute Gasteiger partial charge is 0.358 e. The summed E-state index contributed by atoms with van der Waals surface area (Å²) in [5.41, 5.74) is 2.24. The average molecular weight is 214 g/mol. The Bertz CT molecular complexity index is 420. The summed E-state index contributed by atoms with van der Waals surface area (Å²) < 4.78 is 0. The Morgan fingerprint density at radius 1 is 1.23 bits per heavy atom. The van der Waals surface area contributed by atoms with Crippen LogP contribution in [-0.4, -0.2) is 10.9 Å². The molecular weight excluding hydrogens is 205 g/mol. The average Bonchev–Trinajstić information content (AvgIpc) is 2.46. The van der Waals surface area contributed by atoms with E-state index >= 15 is 0 Å². The molecule has 68 valence electrons. The summed E-state index contributed by atoms with van der Waals surface area (Å²) in [4.78, 5) is 3.27. The normalized spacial score (nSPS) is 10.9. The van der Waals surface area contributed by atoms with Crippen LogP contribution in [0.15, 0.2) is 24.3 Å². The predicted molar refractivity (Wildman–Crippen MR) is 57.7 cm³/mol. The maximum atomic E-state index is 5.86. The van der Waals surface area contributed by atoms with Gasteiger partial charge in [-0.3, -0.25) is 0 Å². The van der Waals surface area contributed by atoms with E-state index in [4.69, 9.17) is 23.2 Å². The number of fused-ring (bicyclic) bond motifs is 1. The number of alkyl halides is 1.